The van der Waals surface area contributed by atoms with E-state index in [2.05, 4.69) is 11.0 Å². The van der Waals surface area contributed by atoms with Crippen LogP contribution in [0, 0.1) is 0 Å². The zero-order valence-corrected chi connectivity index (χ0v) is 14.5. The first-order chi connectivity index (χ1) is 12.2. The number of benzene rings is 1. The number of hydrogen-bond acceptors (Lipinski definition) is 3. The Bertz CT molecular complexity index is 866. The number of aromatic nitrogens is 1. The molecular weight excluding hydrogens is 314 g/mol. The Morgan fingerprint density at radius 1 is 1.08 bits per heavy atom. The van der Waals surface area contributed by atoms with Gasteiger partial charge in [0.25, 0.3) is 5.91 Å². The summed E-state index contributed by atoms with van der Waals surface area (Å²) in [6.07, 6.45) is 4.65. The number of fused-ring (bicyclic) bond motifs is 1. The molecule has 130 valence electrons. The second-order valence-electron chi connectivity index (χ2n) is 6.67. The van der Waals surface area contributed by atoms with Gasteiger partial charge in [0.15, 0.2) is 0 Å². The lowest BCUT2D eigenvalue weighted by molar-refractivity contribution is 0.0762. The smallest absolute Gasteiger partial charge is 0.256 e. The molecule has 0 bridgehead atoms. The van der Waals surface area contributed by atoms with Crippen molar-refractivity contribution in [2.75, 3.05) is 26.2 Å². The Morgan fingerprint density at radius 2 is 1.96 bits per heavy atom. The molecule has 1 saturated heterocycles. The van der Waals surface area contributed by atoms with Crippen LogP contribution in [0.4, 0.5) is 0 Å². The van der Waals surface area contributed by atoms with Crippen molar-refractivity contribution in [3.8, 4) is 0 Å². The number of carbonyl (C=O) groups excluding carboxylic acids is 1. The molecule has 1 aliphatic rings. The van der Waals surface area contributed by atoms with E-state index in [0.29, 0.717) is 0 Å². The summed E-state index contributed by atoms with van der Waals surface area (Å²) in [5, 5.41) is 1.03. The number of carbonyl (C=O) groups is 1. The lowest BCUT2D eigenvalue weighted by atomic mass is 10.1. The minimum Gasteiger partial charge on any atom is -0.468 e. The van der Waals surface area contributed by atoms with E-state index in [1.54, 1.807) is 6.26 Å². The Morgan fingerprint density at radius 3 is 2.80 bits per heavy atom. The third-order valence-corrected chi connectivity index (χ3v) is 4.96. The second-order valence-corrected chi connectivity index (χ2v) is 6.67. The van der Waals surface area contributed by atoms with Crippen molar-refractivity contribution in [3.63, 3.8) is 0 Å². The van der Waals surface area contributed by atoms with Gasteiger partial charge in [0.2, 0.25) is 0 Å². The number of para-hydroxylation sites is 1. The highest BCUT2D eigenvalue weighted by atomic mass is 16.3. The summed E-state index contributed by atoms with van der Waals surface area (Å²) in [6, 6.07) is 12.0. The Hall–Kier alpha value is -2.53. The van der Waals surface area contributed by atoms with Gasteiger partial charge in [0.1, 0.15) is 5.76 Å². The van der Waals surface area contributed by atoms with E-state index in [4.69, 9.17) is 4.42 Å². The molecule has 3 heterocycles. The minimum atomic E-state index is 0.136. The van der Waals surface area contributed by atoms with Gasteiger partial charge >= 0.3 is 0 Å². The summed E-state index contributed by atoms with van der Waals surface area (Å²) in [4.78, 5) is 17.4. The minimum absolute atomic E-state index is 0.136. The van der Waals surface area contributed by atoms with Crippen LogP contribution in [0.1, 0.15) is 22.5 Å². The number of aryl methyl sites for hydroxylation is 1. The van der Waals surface area contributed by atoms with Crippen molar-refractivity contribution in [1.29, 1.82) is 0 Å². The maximum absolute atomic E-state index is 13.1. The fourth-order valence-electron chi connectivity index (χ4n) is 3.64. The highest BCUT2D eigenvalue weighted by molar-refractivity contribution is 6.07. The Balaban J connectivity index is 1.49. The number of hydrogen-bond donors (Lipinski definition) is 0. The summed E-state index contributed by atoms with van der Waals surface area (Å²) in [6.45, 7) is 4.22. The molecule has 25 heavy (non-hydrogen) atoms. The molecule has 0 atom stereocenters. The predicted octanol–water partition coefficient (Wildman–Crippen LogP) is 3.12. The van der Waals surface area contributed by atoms with Crippen molar-refractivity contribution < 1.29 is 9.21 Å². The molecule has 0 N–H and O–H groups in total. The van der Waals surface area contributed by atoms with Crippen LogP contribution < -0.4 is 0 Å². The average molecular weight is 337 g/mol. The molecular formula is C20H23N3O2. The van der Waals surface area contributed by atoms with Gasteiger partial charge in [-0.05, 0) is 24.6 Å². The normalized spacial score (nSPS) is 16.3. The van der Waals surface area contributed by atoms with E-state index < -0.39 is 0 Å². The largest absolute Gasteiger partial charge is 0.468 e. The summed E-state index contributed by atoms with van der Waals surface area (Å²) >= 11 is 0. The first-order valence-corrected chi connectivity index (χ1v) is 8.80. The molecule has 0 radical (unpaired) electrons. The highest BCUT2D eigenvalue weighted by Gasteiger charge is 2.23. The molecule has 1 fully saturated rings. The molecule has 1 aromatic carbocycles. The van der Waals surface area contributed by atoms with Gasteiger partial charge < -0.3 is 13.9 Å². The molecule has 3 aromatic rings. The van der Waals surface area contributed by atoms with Gasteiger partial charge in [0.05, 0.1) is 18.4 Å². The van der Waals surface area contributed by atoms with Gasteiger partial charge in [0, 0.05) is 50.3 Å². The number of nitrogens with zero attached hydrogens (tertiary/aromatic N) is 3. The summed E-state index contributed by atoms with van der Waals surface area (Å²) in [7, 11) is 1.99. The van der Waals surface area contributed by atoms with Gasteiger partial charge in [-0.15, -0.1) is 0 Å². The molecule has 5 nitrogen and oxygen atoms in total. The van der Waals surface area contributed by atoms with E-state index in [9.17, 15) is 4.79 Å². The zero-order valence-electron chi connectivity index (χ0n) is 14.5. The molecule has 4 rings (SSSR count). The van der Waals surface area contributed by atoms with Crippen LogP contribution in [0.3, 0.4) is 0 Å². The second kappa shape index (κ2) is 6.76. The molecule has 1 amide bonds. The van der Waals surface area contributed by atoms with E-state index in [0.717, 1.165) is 61.4 Å². The summed E-state index contributed by atoms with van der Waals surface area (Å²) < 4.78 is 7.48. The predicted molar refractivity (Wildman–Crippen MR) is 97.4 cm³/mol. The zero-order chi connectivity index (χ0) is 17.2. The highest BCUT2D eigenvalue weighted by Crippen LogP contribution is 2.22. The number of furan rings is 1. The third kappa shape index (κ3) is 3.20. The van der Waals surface area contributed by atoms with Crippen molar-refractivity contribution in [2.45, 2.75) is 13.0 Å². The fourth-order valence-corrected chi connectivity index (χ4v) is 3.64. The molecule has 0 aliphatic carbocycles. The Kier molecular flexibility index (Phi) is 4.32. The molecule has 5 heteroatoms. The lowest BCUT2D eigenvalue weighted by Crippen LogP contribution is -2.35. The molecule has 2 aromatic heterocycles. The van der Waals surface area contributed by atoms with Crippen molar-refractivity contribution in [2.24, 2.45) is 7.05 Å². The van der Waals surface area contributed by atoms with E-state index in [1.165, 1.54) is 0 Å². The number of rotatable bonds is 3. The molecule has 0 unspecified atom stereocenters. The first-order valence-electron chi connectivity index (χ1n) is 8.80. The van der Waals surface area contributed by atoms with Gasteiger partial charge in [-0.1, -0.05) is 18.2 Å². The van der Waals surface area contributed by atoms with Crippen LogP contribution in [-0.2, 0) is 13.6 Å². The lowest BCUT2D eigenvalue weighted by Gasteiger charge is -2.21. The van der Waals surface area contributed by atoms with Crippen LogP contribution in [-0.4, -0.2) is 46.5 Å². The summed E-state index contributed by atoms with van der Waals surface area (Å²) in [5.41, 5.74) is 1.90. The Labute approximate surface area is 147 Å². The van der Waals surface area contributed by atoms with E-state index in [1.807, 2.05) is 53.0 Å². The molecule has 0 spiro atoms. The van der Waals surface area contributed by atoms with E-state index >= 15 is 0 Å². The fraction of sp³-hybridized carbons (Fsp3) is 0.350. The molecule has 0 saturated carbocycles. The first kappa shape index (κ1) is 16.0. The number of amides is 1. The topological polar surface area (TPSA) is 41.6 Å². The quantitative estimate of drug-likeness (QED) is 0.737. The van der Waals surface area contributed by atoms with Crippen LogP contribution in [0.25, 0.3) is 10.9 Å². The maximum Gasteiger partial charge on any atom is 0.256 e. The maximum atomic E-state index is 13.1. The monoisotopic (exact) mass is 337 g/mol. The van der Waals surface area contributed by atoms with Gasteiger partial charge in [-0.3, -0.25) is 9.69 Å². The van der Waals surface area contributed by atoms with Crippen molar-refractivity contribution >= 4 is 16.8 Å². The van der Waals surface area contributed by atoms with Crippen molar-refractivity contribution in [1.82, 2.24) is 14.4 Å². The molecule has 1 aliphatic heterocycles. The van der Waals surface area contributed by atoms with Crippen LogP contribution in [0.15, 0.2) is 53.3 Å². The van der Waals surface area contributed by atoms with Gasteiger partial charge in [-0.25, -0.2) is 0 Å². The van der Waals surface area contributed by atoms with Crippen LogP contribution >= 0.6 is 0 Å². The average Bonchev–Trinajstić information content (AvgIpc) is 3.18. The van der Waals surface area contributed by atoms with Crippen LogP contribution in [0.5, 0.6) is 0 Å². The standard InChI is InChI=1S/C20H23N3O2/c1-21-15-18(17-7-2-3-8-19(17)21)20(24)23-10-5-9-22(11-12-23)14-16-6-4-13-25-16/h2-4,6-8,13,15H,5,9-12,14H2,1H3. The van der Waals surface area contributed by atoms with Crippen LogP contribution in [0.2, 0.25) is 0 Å². The third-order valence-electron chi connectivity index (χ3n) is 4.96. The van der Waals surface area contributed by atoms with Crippen molar-refractivity contribution in [3.05, 3.63) is 60.2 Å². The van der Waals surface area contributed by atoms with Gasteiger partial charge in [-0.2, -0.15) is 0 Å². The SMILES string of the molecule is Cn1cc(C(=O)N2CCCN(Cc3ccco3)CC2)c2ccccc21. The summed E-state index contributed by atoms with van der Waals surface area (Å²) in [5.74, 6) is 1.12. The van der Waals surface area contributed by atoms with E-state index in [-0.39, 0.29) is 5.91 Å².